The van der Waals surface area contributed by atoms with E-state index in [0.717, 1.165) is 29.4 Å². The zero-order valence-electron chi connectivity index (χ0n) is 12.2. The fraction of sp³-hybridized carbons (Fsp3) is 0.533. The van der Waals surface area contributed by atoms with Crippen LogP contribution in [0.3, 0.4) is 0 Å². The van der Waals surface area contributed by atoms with Crippen LogP contribution in [-0.2, 0) is 16.1 Å². The van der Waals surface area contributed by atoms with Gasteiger partial charge in [-0.1, -0.05) is 12.1 Å². The minimum absolute atomic E-state index is 0.0458. The van der Waals surface area contributed by atoms with E-state index in [-0.39, 0.29) is 12.5 Å². The molecule has 1 saturated carbocycles. The molecule has 1 aliphatic carbocycles. The highest BCUT2D eigenvalue weighted by Crippen LogP contribution is 2.29. The summed E-state index contributed by atoms with van der Waals surface area (Å²) < 4.78 is 11.5. The monoisotopic (exact) mass is 356 g/mol. The van der Waals surface area contributed by atoms with E-state index in [1.807, 2.05) is 18.2 Å². The molecule has 2 N–H and O–H groups in total. The second-order valence-electron chi connectivity index (χ2n) is 5.03. The molecule has 21 heavy (non-hydrogen) atoms. The van der Waals surface area contributed by atoms with E-state index in [9.17, 15) is 4.79 Å². The minimum atomic E-state index is -0.0634. The molecule has 0 aromatic heterocycles. The van der Waals surface area contributed by atoms with E-state index in [1.165, 1.54) is 0 Å². The van der Waals surface area contributed by atoms with Crippen LogP contribution in [0.2, 0.25) is 0 Å². The van der Waals surface area contributed by atoms with Gasteiger partial charge in [-0.2, -0.15) is 0 Å². The van der Waals surface area contributed by atoms with Crippen molar-refractivity contribution in [2.45, 2.75) is 25.4 Å². The first-order valence-corrected chi connectivity index (χ1v) is 7.89. The second kappa shape index (κ2) is 8.36. The van der Waals surface area contributed by atoms with E-state index in [1.54, 1.807) is 7.11 Å². The molecule has 1 aromatic rings. The molecule has 0 saturated heterocycles. The van der Waals surface area contributed by atoms with E-state index >= 15 is 0 Å². The van der Waals surface area contributed by atoms with Gasteiger partial charge in [0.05, 0.1) is 11.1 Å². The zero-order valence-corrected chi connectivity index (χ0v) is 13.7. The lowest BCUT2D eigenvalue weighted by Gasteiger charge is -2.14. The molecule has 6 heteroatoms. The maximum Gasteiger partial charge on any atom is 0.258 e. The van der Waals surface area contributed by atoms with Gasteiger partial charge in [0.1, 0.15) is 5.75 Å². The average Bonchev–Trinajstić information content (AvgIpc) is 3.26. The van der Waals surface area contributed by atoms with Gasteiger partial charge in [0.2, 0.25) is 0 Å². The second-order valence-corrected chi connectivity index (χ2v) is 5.88. The van der Waals surface area contributed by atoms with Crippen LogP contribution in [0.1, 0.15) is 18.4 Å². The molecule has 1 fully saturated rings. The van der Waals surface area contributed by atoms with Crippen molar-refractivity contribution in [2.24, 2.45) is 0 Å². The third-order valence-corrected chi connectivity index (χ3v) is 3.76. The van der Waals surface area contributed by atoms with Gasteiger partial charge in [-0.15, -0.1) is 0 Å². The molecular weight excluding hydrogens is 336 g/mol. The molecule has 0 unspecified atom stereocenters. The van der Waals surface area contributed by atoms with Gasteiger partial charge in [0.15, 0.2) is 6.61 Å². The van der Waals surface area contributed by atoms with Crippen molar-refractivity contribution in [3.63, 3.8) is 0 Å². The van der Waals surface area contributed by atoms with E-state index < -0.39 is 0 Å². The molecule has 116 valence electrons. The Morgan fingerprint density at radius 2 is 2.24 bits per heavy atom. The predicted octanol–water partition coefficient (Wildman–Crippen LogP) is 1.84. The van der Waals surface area contributed by atoms with Crippen LogP contribution in [0, 0.1) is 0 Å². The maximum atomic E-state index is 11.7. The lowest BCUT2D eigenvalue weighted by atomic mass is 10.2. The first-order chi connectivity index (χ1) is 10.2. The van der Waals surface area contributed by atoms with Crippen LogP contribution in [0.25, 0.3) is 0 Å². The van der Waals surface area contributed by atoms with Crippen molar-refractivity contribution in [3.8, 4) is 5.75 Å². The number of carbonyl (C=O) groups is 1. The van der Waals surface area contributed by atoms with Crippen molar-refractivity contribution < 1.29 is 14.3 Å². The summed E-state index contributed by atoms with van der Waals surface area (Å²) in [4.78, 5) is 11.7. The average molecular weight is 357 g/mol. The highest BCUT2D eigenvalue weighted by Gasteiger charge is 2.23. The summed E-state index contributed by atoms with van der Waals surface area (Å²) in [5.74, 6) is 0.653. The summed E-state index contributed by atoms with van der Waals surface area (Å²) in [6, 6.07) is 6.20. The van der Waals surface area contributed by atoms with Crippen LogP contribution in [0.4, 0.5) is 0 Å². The number of halogens is 1. The largest absolute Gasteiger partial charge is 0.482 e. The number of carbonyl (C=O) groups excluding carboxylic acids is 1. The first-order valence-electron chi connectivity index (χ1n) is 7.10. The Morgan fingerprint density at radius 1 is 1.43 bits per heavy atom. The van der Waals surface area contributed by atoms with Gasteiger partial charge in [-0.3, -0.25) is 4.79 Å². The number of nitrogens with one attached hydrogen (secondary N) is 2. The van der Waals surface area contributed by atoms with Crippen LogP contribution in [-0.4, -0.2) is 38.8 Å². The van der Waals surface area contributed by atoms with Crippen molar-refractivity contribution in [3.05, 3.63) is 28.2 Å². The summed E-state index contributed by atoms with van der Waals surface area (Å²) >= 11 is 3.47. The van der Waals surface area contributed by atoms with E-state index in [0.29, 0.717) is 24.9 Å². The normalized spacial score (nSPS) is 14.0. The lowest BCUT2D eigenvalue weighted by molar-refractivity contribution is -0.123. The third kappa shape index (κ3) is 5.65. The highest BCUT2D eigenvalue weighted by atomic mass is 79.9. The SMILES string of the molecule is COCCNCc1cccc(Br)c1OCC(=O)NC1CC1. The van der Waals surface area contributed by atoms with Gasteiger partial charge >= 0.3 is 0 Å². The topological polar surface area (TPSA) is 59.6 Å². The molecule has 1 aromatic carbocycles. The van der Waals surface area contributed by atoms with E-state index in [4.69, 9.17) is 9.47 Å². The molecule has 5 nitrogen and oxygen atoms in total. The summed E-state index contributed by atoms with van der Waals surface area (Å²) in [6.07, 6.45) is 2.16. The third-order valence-electron chi connectivity index (χ3n) is 3.14. The van der Waals surface area contributed by atoms with Gasteiger partial charge < -0.3 is 20.1 Å². The molecule has 0 atom stereocenters. The molecule has 0 radical (unpaired) electrons. The minimum Gasteiger partial charge on any atom is -0.482 e. The Hall–Kier alpha value is -1.11. The van der Waals surface area contributed by atoms with Gasteiger partial charge in [-0.05, 0) is 34.8 Å². The van der Waals surface area contributed by atoms with Gasteiger partial charge in [0.25, 0.3) is 5.91 Å². The van der Waals surface area contributed by atoms with E-state index in [2.05, 4.69) is 26.6 Å². The Bertz CT molecular complexity index is 478. The van der Waals surface area contributed by atoms with Gasteiger partial charge in [0, 0.05) is 31.8 Å². The smallest absolute Gasteiger partial charge is 0.258 e. The Balaban J connectivity index is 1.87. The van der Waals surface area contributed by atoms with Crippen molar-refractivity contribution in [1.82, 2.24) is 10.6 Å². The summed E-state index contributed by atoms with van der Waals surface area (Å²) in [6.45, 7) is 2.14. The zero-order chi connectivity index (χ0) is 15.1. The van der Waals surface area contributed by atoms with Crippen molar-refractivity contribution >= 4 is 21.8 Å². The molecule has 1 amide bonds. The Morgan fingerprint density at radius 3 is 2.95 bits per heavy atom. The Kier molecular flexibility index (Phi) is 6.48. The van der Waals surface area contributed by atoms with Crippen LogP contribution >= 0.6 is 15.9 Å². The molecule has 0 heterocycles. The number of methoxy groups -OCH3 is 1. The number of para-hydroxylation sites is 1. The summed E-state index contributed by atoms with van der Waals surface area (Å²) in [5, 5.41) is 6.19. The van der Waals surface area contributed by atoms with Crippen LogP contribution < -0.4 is 15.4 Å². The molecule has 2 rings (SSSR count). The number of hydrogen-bond donors (Lipinski definition) is 2. The maximum absolute atomic E-state index is 11.7. The van der Waals surface area contributed by atoms with Crippen LogP contribution in [0.15, 0.2) is 22.7 Å². The first kappa shape index (κ1) is 16.3. The van der Waals surface area contributed by atoms with Crippen molar-refractivity contribution in [2.75, 3.05) is 26.9 Å². The fourth-order valence-electron chi connectivity index (χ4n) is 1.89. The Labute approximate surface area is 133 Å². The predicted molar refractivity (Wildman–Crippen MR) is 84.4 cm³/mol. The molecule has 0 spiro atoms. The van der Waals surface area contributed by atoms with Crippen LogP contribution in [0.5, 0.6) is 5.75 Å². The molecule has 1 aliphatic rings. The number of ether oxygens (including phenoxy) is 2. The molecular formula is C15H21BrN2O3. The quantitative estimate of drug-likeness (QED) is 0.663. The summed E-state index contributed by atoms with van der Waals surface area (Å²) in [7, 11) is 1.67. The number of hydrogen-bond acceptors (Lipinski definition) is 4. The summed E-state index contributed by atoms with van der Waals surface area (Å²) in [5.41, 5.74) is 1.01. The van der Waals surface area contributed by atoms with Gasteiger partial charge in [-0.25, -0.2) is 0 Å². The standard InChI is InChI=1S/C15H21BrN2O3/c1-20-8-7-17-9-11-3-2-4-13(16)15(11)21-10-14(19)18-12-5-6-12/h2-4,12,17H,5-10H2,1H3,(H,18,19). The van der Waals surface area contributed by atoms with Crippen molar-refractivity contribution in [1.29, 1.82) is 0 Å². The molecule has 0 bridgehead atoms. The number of rotatable bonds is 9. The molecule has 0 aliphatic heterocycles. The number of amides is 1. The highest BCUT2D eigenvalue weighted by molar-refractivity contribution is 9.10. The lowest BCUT2D eigenvalue weighted by Crippen LogP contribution is -2.30. The fourth-order valence-corrected chi connectivity index (χ4v) is 2.41. The number of benzene rings is 1.